The fourth-order valence-corrected chi connectivity index (χ4v) is 5.04. The summed E-state index contributed by atoms with van der Waals surface area (Å²) in [7, 11) is 2.00. The summed E-state index contributed by atoms with van der Waals surface area (Å²) in [6.45, 7) is 9.24. The number of rotatable bonds is 3. The summed E-state index contributed by atoms with van der Waals surface area (Å²) in [6, 6.07) is 11.7. The van der Waals surface area contributed by atoms with Crippen molar-refractivity contribution < 1.29 is 9.21 Å². The van der Waals surface area contributed by atoms with Gasteiger partial charge in [0.1, 0.15) is 11.5 Å². The number of pyridine rings is 1. The van der Waals surface area contributed by atoms with Crippen LogP contribution in [0.2, 0.25) is 0 Å². The van der Waals surface area contributed by atoms with Gasteiger partial charge >= 0.3 is 0 Å². The second kappa shape index (κ2) is 8.69. The van der Waals surface area contributed by atoms with E-state index in [1.165, 1.54) is 0 Å². The number of fused-ring (bicyclic) bond motifs is 3. The SMILES string of the molecule is Cc1cc(-c2cc(C(=O)N3CCCN(C)c4nc5ccccc5nc43)c3cnn(C(C)C)c3n2)c(C)o1. The van der Waals surface area contributed by atoms with E-state index in [0.29, 0.717) is 40.5 Å². The van der Waals surface area contributed by atoms with E-state index in [1.807, 2.05) is 62.0 Å². The quantitative estimate of drug-likeness (QED) is 0.334. The summed E-state index contributed by atoms with van der Waals surface area (Å²) in [6.07, 6.45) is 2.53. The molecule has 188 valence electrons. The Bertz CT molecular complexity index is 1670. The van der Waals surface area contributed by atoms with E-state index in [0.717, 1.165) is 41.1 Å². The Balaban J connectivity index is 1.56. The van der Waals surface area contributed by atoms with Crippen molar-refractivity contribution in [3.05, 3.63) is 59.7 Å². The van der Waals surface area contributed by atoms with E-state index in [4.69, 9.17) is 19.4 Å². The summed E-state index contributed by atoms with van der Waals surface area (Å²) in [5.41, 5.74) is 4.32. The lowest BCUT2D eigenvalue weighted by atomic mass is 10.1. The largest absolute Gasteiger partial charge is 0.466 e. The Morgan fingerprint density at radius 1 is 1.00 bits per heavy atom. The van der Waals surface area contributed by atoms with Crippen molar-refractivity contribution in [3.8, 4) is 11.3 Å². The summed E-state index contributed by atoms with van der Waals surface area (Å²) >= 11 is 0. The van der Waals surface area contributed by atoms with Gasteiger partial charge in [0.15, 0.2) is 17.3 Å². The Hall–Kier alpha value is -4.27. The highest BCUT2D eigenvalue weighted by atomic mass is 16.3. The van der Waals surface area contributed by atoms with Crippen LogP contribution in [0.15, 0.2) is 47.0 Å². The minimum Gasteiger partial charge on any atom is -0.466 e. The molecule has 1 aliphatic heterocycles. The zero-order valence-corrected chi connectivity index (χ0v) is 21.7. The molecule has 6 rings (SSSR count). The van der Waals surface area contributed by atoms with Crippen LogP contribution >= 0.6 is 0 Å². The summed E-state index contributed by atoms with van der Waals surface area (Å²) < 4.78 is 7.65. The van der Waals surface area contributed by atoms with Crippen LogP contribution in [0.1, 0.15) is 48.2 Å². The van der Waals surface area contributed by atoms with E-state index in [9.17, 15) is 4.79 Å². The van der Waals surface area contributed by atoms with Gasteiger partial charge in [0.05, 0.1) is 33.9 Å². The number of hydrogen-bond acceptors (Lipinski definition) is 7. The van der Waals surface area contributed by atoms with Gasteiger partial charge in [-0.2, -0.15) is 5.10 Å². The number of para-hydroxylation sites is 2. The van der Waals surface area contributed by atoms with Crippen LogP contribution in [0, 0.1) is 13.8 Å². The minimum atomic E-state index is -0.143. The van der Waals surface area contributed by atoms with Crippen molar-refractivity contribution in [1.82, 2.24) is 24.7 Å². The third-order valence-electron chi connectivity index (χ3n) is 6.88. The predicted octanol–water partition coefficient (Wildman–Crippen LogP) is 5.32. The monoisotopic (exact) mass is 495 g/mol. The van der Waals surface area contributed by atoms with Crippen LogP contribution in [0.25, 0.3) is 33.3 Å². The highest BCUT2D eigenvalue weighted by molar-refractivity contribution is 6.14. The zero-order chi connectivity index (χ0) is 25.8. The molecule has 1 aromatic carbocycles. The fraction of sp³-hybridized carbons (Fsp3) is 0.321. The summed E-state index contributed by atoms with van der Waals surface area (Å²) in [4.78, 5) is 32.9. The molecule has 1 amide bonds. The molecule has 0 saturated carbocycles. The molecule has 9 heteroatoms. The topological polar surface area (TPSA) is 93.2 Å². The van der Waals surface area contributed by atoms with Gasteiger partial charge in [-0.25, -0.2) is 19.6 Å². The highest BCUT2D eigenvalue weighted by Gasteiger charge is 2.30. The molecule has 1 aliphatic rings. The lowest BCUT2D eigenvalue weighted by Gasteiger charge is -2.23. The van der Waals surface area contributed by atoms with Gasteiger partial charge in [-0.1, -0.05) is 12.1 Å². The first-order chi connectivity index (χ1) is 17.8. The lowest BCUT2D eigenvalue weighted by Crippen LogP contribution is -2.32. The van der Waals surface area contributed by atoms with Crippen LogP contribution in [-0.2, 0) is 0 Å². The molecular weight excluding hydrogens is 466 g/mol. The van der Waals surface area contributed by atoms with Gasteiger partial charge in [-0.3, -0.25) is 9.69 Å². The van der Waals surface area contributed by atoms with E-state index in [-0.39, 0.29) is 11.9 Å². The van der Waals surface area contributed by atoms with E-state index in [1.54, 1.807) is 11.1 Å². The zero-order valence-electron chi connectivity index (χ0n) is 21.7. The van der Waals surface area contributed by atoms with Crippen LogP contribution in [0.5, 0.6) is 0 Å². The number of amides is 1. The number of anilines is 2. The fourth-order valence-electron chi connectivity index (χ4n) is 5.04. The molecule has 0 fully saturated rings. The van der Waals surface area contributed by atoms with Crippen LogP contribution in [0.4, 0.5) is 11.6 Å². The van der Waals surface area contributed by atoms with Crippen molar-refractivity contribution in [2.75, 3.05) is 29.9 Å². The number of aryl methyl sites for hydroxylation is 2. The number of benzene rings is 1. The number of hydrogen-bond donors (Lipinski definition) is 0. The van der Waals surface area contributed by atoms with Crippen molar-refractivity contribution in [2.45, 2.75) is 40.2 Å². The van der Waals surface area contributed by atoms with Gasteiger partial charge in [-0.05, 0) is 58.4 Å². The minimum absolute atomic E-state index is 0.0835. The van der Waals surface area contributed by atoms with E-state index >= 15 is 0 Å². The average Bonchev–Trinajstić information content (AvgIpc) is 3.42. The average molecular weight is 496 g/mol. The van der Waals surface area contributed by atoms with Crippen LogP contribution < -0.4 is 9.80 Å². The van der Waals surface area contributed by atoms with Crippen molar-refractivity contribution in [3.63, 3.8) is 0 Å². The van der Waals surface area contributed by atoms with Gasteiger partial charge in [0.2, 0.25) is 0 Å². The van der Waals surface area contributed by atoms with Crippen LogP contribution in [0.3, 0.4) is 0 Å². The first-order valence-electron chi connectivity index (χ1n) is 12.6. The van der Waals surface area contributed by atoms with Crippen LogP contribution in [-0.4, -0.2) is 50.8 Å². The van der Waals surface area contributed by atoms with E-state index in [2.05, 4.69) is 23.8 Å². The molecule has 5 heterocycles. The Morgan fingerprint density at radius 3 is 2.41 bits per heavy atom. The molecule has 0 atom stereocenters. The van der Waals surface area contributed by atoms with Crippen molar-refractivity contribution in [2.24, 2.45) is 0 Å². The second-order valence-electron chi connectivity index (χ2n) is 9.89. The predicted molar refractivity (Wildman–Crippen MR) is 144 cm³/mol. The number of aromatic nitrogens is 5. The van der Waals surface area contributed by atoms with Crippen molar-refractivity contribution >= 4 is 39.6 Å². The molecule has 0 bridgehead atoms. The molecule has 0 unspecified atom stereocenters. The third kappa shape index (κ3) is 3.82. The van der Waals surface area contributed by atoms with E-state index < -0.39 is 0 Å². The molecule has 0 saturated heterocycles. The Morgan fingerprint density at radius 2 is 1.73 bits per heavy atom. The number of carbonyl (C=O) groups excluding carboxylic acids is 1. The van der Waals surface area contributed by atoms with Crippen molar-refractivity contribution in [1.29, 1.82) is 0 Å². The van der Waals surface area contributed by atoms with Gasteiger partial charge in [0, 0.05) is 31.7 Å². The molecule has 37 heavy (non-hydrogen) atoms. The smallest absolute Gasteiger partial charge is 0.260 e. The molecule has 0 N–H and O–H groups in total. The van der Waals surface area contributed by atoms with Gasteiger partial charge in [-0.15, -0.1) is 0 Å². The molecule has 9 nitrogen and oxygen atoms in total. The maximum absolute atomic E-state index is 14.4. The second-order valence-corrected chi connectivity index (χ2v) is 9.89. The maximum atomic E-state index is 14.4. The van der Waals surface area contributed by atoms with Gasteiger partial charge in [0.25, 0.3) is 5.91 Å². The molecule has 5 aromatic rings. The molecule has 4 aromatic heterocycles. The molecule has 0 radical (unpaired) electrons. The summed E-state index contributed by atoms with van der Waals surface area (Å²) in [5.74, 6) is 2.69. The molecular formula is C28H29N7O2. The number of carbonyl (C=O) groups is 1. The first kappa shape index (κ1) is 23.1. The normalized spacial score (nSPS) is 14.0. The molecule has 0 aliphatic carbocycles. The number of furan rings is 1. The Kier molecular flexibility index (Phi) is 5.43. The third-order valence-corrected chi connectivity index (χ3v) is 6.88. The highest BCUT2D eigenvalue weighted by Crippen LogP contribution is 2.34. The maximum Gasteiger partial charge on any atom is 0.260 e. The summed E-state index contributed by atoms with van der Waals surface area (Å²) in [5, 5.41) is 5.30. The molecule has 0 spiro atoms. The standard InChI is InChI=1S/C28H29N7O2/c1-16(2)35-25-21(15-29-35)20(14-24(32-25)19-13-17(3)37-18(19)4)28(36)34-12-8-11-33(5)26-27(34)31-23-10-7-6-9-22(23)30-26/h6-7,9-10,13-16H,8,11-12H2,1-5H3. The lowest BCUT2D eigenvalue weighted by molar-refractivity contribution is 0.0988. The number of nitrogens with zero attached hydrogens (tertiary/aromatic N) is 7. The first-order valence-corrected chi connectivity index (χ1v) is 12.6. The Labute approximate surface area is 214 Å². The van der Waals surface area contributed by atoms with Gasteiger partial charge < -0.3 is 9.32 Å².